The van der Waals surface area contributed by atoms with Gasteiger partial charge in [0.15, 0.2) is 10.8 Å². The third-order valence-corrected chi connectivity index (χ3v) is 3.31. The summed E-state index contributed by atoms with van der Waals surface area (Å²) >= 11 is 1.01. The molecule has 1 aromatic carbocycles. The average molecular weight is 342 g/mol. The van der Waals surface area contributed by atoms with Crippen LogP contribution in [0.3, 0.4) is 0 Å². The van der Waals surface area contributed by atoms with Crippen molar-refractivity contribution in [1.82, 2.24) is 4.98 Å². The van der Waals surface area contributed by atoms with Crippen LogP contribution in [0.25, 0.3) is 0 Å². The highest BCUT2D eigenvalue weighted by atomic mass is 32.1. The fourth-order valence-corrected chi connectivity index (χ4v) is 2.32. The van der Waals surface area contributed by atoms with Crippen molar-refractivity contribution in [3.63, 3.8) is 0 Å². The summed E-state index contributed by atoms with van der Waals surface area (Å²) < 4.78 is 33.8. The number of esters is 1. The molecule has 122 valence electrons. The third kappa shape index (κ3) is 4.46. The van der Waals surface area contributed by atoms with Crippen molar-refractivity contribution in [1.29, 1.82) is 0 Å². The van der Waals surface area contributed by atoms with Gasteiger partial charge in [-0.15, -0.1) is 11.3 Å². The molecule has 0 unspecified atom stereocenters. The standard InChI is InChI=1S/C14H12F2N2O4S/c1-2-21-12(20)9-7-23-14(17-9)18-11(19)8-5-3-4-6-10(8)22-13(15)16/h3-7,13H,2H2,1H3,(H,17,18,19). The van der Waals surface area contributed by atoms with Crippen LogP contribution in [0.4, 0.5) is 13.9 Å². The van der Waals surface area contributed by atoms with Crippen LogP contribution >= 0.6 is 11.3 Å². The molecule has 0 bridgehead atoms. The molecule has 0 saturated heterocycles. The smallest absolute Gasteiger partial charge is 0.387 e. The zero-order chi connectivity index (χ0) is 16.8. The van der Waals surface area contributed by atoms with Crippen LogP contribution in [0, 0.1) is 0 Å². The van der Waals surface area contributed by atoms with Crippen LogP contribution in [-0.4, -0.2) is 30.1 Å². The van der Waals surface area contributed by atoms with E-state index in [-0.39, 0.29) is 28.7 Å². The Morgan fingerprint density at radius 1 is 1.35 bits per heavy atom. The van der Waals surface area contributed by atoms with E-state index >= 15 is 0 Å². The molecule has 0 fully saturated rings. The quantitative estimate of drug-likeness (QED) is 0.816. The van der Waals surface area contributed by atoms with Crippen molar-refractivity contribution in [3.05, 3.63) is 40.9 Å². The maximum Gasteiger partial charge on any atom is 0.387 e. The highest BCUT2D eigenvalue weighted by Crippen LogP contribution is 2.23. The number of nitrogens with one attached hydrogen (secondary N) is 1. The van der Waals surface area contributed by atoms with Crippen LogP contribution in [0.2, 0.25) is 0 Å². The second-order valence-electron chi connectivity index (χ2n) is 4.09. The summed E-state index contributed by atoms with van der Waals surface area (Å²) in [5, 5.41) is 3.99. The number of nitrogens with zero attached hydrogens (tertiary/aromatic N) is 1. The van der Waals surface area contributed by atoms with Gasteiger partial charge in [-0.1, -0.05) is 12.1 Å². The highest BCUT2D eigenvalue weighted by molar-refractivity contribution is 7.14. The minimum absolute atomic E-state index is 0.0595. The predicted molar refractivity (Wildman–Crippen MR) is 79.1 cm³/mol. The second-order valence-corrected chi connectivity index (χ2v) is 4.95. The zero-order valence-corrected chi connectivity index (χ0v) is 12.7. The van der Waals surface area contributed by atoms with Crippen LogP contribution in [0.1, 0.15) is 27.8 Å². The Morgan fingerprint density at radius 3 is 2.78 bits per heavy atom. The molecule has 2 rings (SSSR count). The van der Waals surface area contributed by atoms with Gasteiger partial charge in [-0.25, -0.2) is 9.78 Å². The number of benzene rings is 1. The normalized spacial score (nSPS) is 10.4. The Labute approximate surface area is 134 Å². The van der Waals surface area contributed by atoms with Crippen LogP contribution in [0.5, 0.6) is 5.75 Å². The van der Waals surface area contributed by atoms with Crippen molar-refractivity contribution >= 4 is 28.3 Å². The van der Waals surface area contributed by atoms with Gasteiger partial charge < -0.3 is 9.47 Å². The van der Waals surface area contributed by atoms with Crippen LogP contribution in [0.15, 0.2) is 29.6 Å². The zero-order valence-electron chi connectivity index (χ0n) is 11.9. The van der Waals surface area contributed by atoms with E-state index in [2.05, 4.69) is 15.0 Å². The Morgan fingerprint density at radius 2 is 2.09 bits per heavy atom. The van der Waals surface area contributed by atoms with E-state index in [4.69, 9.17) is 4.74 Å². The van der Waals surface area contributed by atoms with Gasteiger partial charge in [0.1, 0.15) is 5.75 Å². The van der Waals surface area contributed by atoms with Crippen molar-refractivity contribution in [2.24, 2.45) is 0 Å². The lowest BCUT2D eigenvalue weighted by Gasteiger charge is -2.09. The van der Waals surface area contributed by atoms with Crippen molar-refractivity contribution in [2.75, 3.05) is 11.9 Å². The number of hydrogen-bond acceptors (Lipinski definition) is 6. The summed E-state index contributed by atoms with van der Waals surface area (Å²) in [5.41, 5.74) is -0.00931. The monoisotopic (exact) mass is 342 g/mol. The second kappa shape index (κ2) is 7.63. The number of carbonyl (C=O) groups excluding carboxylic acids is 2. The van der Waals surface area contributed by atoms with Gasteiger partial charge in [0, 0.05) is 5.38 Å². The van der Waals surface area contributed by atoms with E-state index in [0.29, 0.717) is 0 Å². The Kier molecular flexibility index (Phi) is 5.58. The van der Waals surface area contributed by atoms with Crippen molar-refractivity contribution in [3.8, 4) is 5.75 Å². The van der Waals surface area contributed by atoms with Gasteiger partial charge in [0.2, 0.25) is 0 Å². The van der Waals surface area contributed by atoms with Crippen molar-refractivity contribution < 1.29 is 27.8 Å². The first kappa shape index (κ1) is 16.8. The minimum Gasteiger partial charge on any atom is -0.461 e. The lowest BCUT2D eigenvalue weighted by Crippen LogP contribution is -2.15. The van der Waals surface area contributed by atoms with Gasteiger partial charge in [-0.05, 0) is 19.1 Å². The summed E-state index contributed by atoms with van der Waals surface area (Å²) in [6.07, 6.45) is 0. The van der Waals surface area contributed by atoms with E-state index < -0.39 is 18.5 Å². The molecule has 1 heterocycles. The van der Waals surface area contributed by atoms with Crippen molar-refractivity contribution in [2.45, 2.75) is 13.5 Å². The molecule has 1 N–H and O–H groups in total. The summed E-state index contributed by atoms with van der Waals surface area (Å²) in [7, 11) is 0. The highest BCUT2D eigenvalue weighted by Gasteiger charge is 2.18. The molecule has 2 aromatic rings. The maximum atomic E-state index is 12.3. The lowest BCUT2D eigenvalue weighted by molar-refractivity contribution is -0.0501. The van der Waals surface area contributed by atoms with Gasteiger partial charge in [-0.3, -0.25) is 10.1 Å². The fourth-order valence-electron chi connectivity index (χ4n) is 1.65. The van der Waals surface area contributed by atoms with E-state index in [1.54, 1.807) is 6.92 Å². The van der Waals surface area contributed by atoms with E-state index in [9.17, 15) is 18.4 Å². The van der Waals surface area contributed by atoms with E-state index in [0.717, 1.165) is 11.3 Å². The Balaban J connectivity index is 2.12. The fraction of sp³-hybridized carbons (Fsp3) is 0.214. The first-order valence-corrected chi connectivity index (χ1v) is 7.37. The maximum absolute atomic E-state index is 12.3. The first-order chi connectivity index (χ1) is 11.0. The summed E-state index contributed by atoms with van der Waals surface area (Å²) in [5.74, 6) is -1.53. The number of rotatable bonds is 6. The molecule has 9 heteroatoms. The Bertz CT molecular complexity index is 706. The molecule has 1 amide bonds. The molecule has 0 radical (unpaired) electrons. The number of thiazole rings is 1. The number of anilines is 1. The summed E-state index contributed by atoms with van der Waals surface area (Å²) in [6, 6.07) is 5.58. The first-order valence-electron chi connectivity index (χ1n) is 6.49. The average Bonchev–Trinajstić information content (AvgIpc) is 2.96. The van der Waals surface area contributed by atoms with Gasteiger partial charge >= 0.3 is 12.6 Å². The molecule has 0 aliphatic carbocycles. The topological polar surface area (TPSA) is 77.5 Å². The minimum atomic E-state index is -3.04. The lowest BCUT2D eigenvalue weighted by atomic mass is 10.2. The number of alkyl halides is 2. The Hall–Kier alpha value is -2.55. The number of para-hydroxylation sites is 1. The molecule has 0 atom stereocenters. The molecule has 23 heavy (non-hydrogen) atoms. The van der Waals surface area contributed by atoms with E-state index in [1.165, 1.54) is 29.6 Å². The van der Waals surface area contributed by atoms with Gasteiger partial charge in [0.05, 0.1) is 12.2 Å². The van der Waals surface area contributed by atoms with Crippen LogP contribution in [-0.2, 0) is 4.74 Å². The number of aromatic nitrogens is 1. The van der Waals surface area contributed by atoms with E-state index in [1.807, 2.05) is 0 Å². The van der Waals surface area contributed by atoms with Crippen LogP contribution < -0.4 is 10.1 Å². The molecule has 6 nitrogen and oxygen atoms in total. The number of ether oxygens (including phenoxy) is 2. The molecule has 0 aliphatic heterocycles. The predicted octanol–water partition coefficient (Wildman–Crippen LogP) is 3.17. The number of halogens is 2. The number of hydrogen-bond donors (Lipinski definition) is 1. The molecular formula is C14H12F2N2O4S. The van der Waals surface area contributed by atoms with Gasteiger partial charge in [-0.2, -0.15) is 8.78 Å². The molecule has 0 aliphatic rings. The largest absolute Gasteiger partial charge is 0.461 e. The molecule has 0 spiro atoms. The summed E-state index contributed by atoms with van der Waals surface area (Å²) in [6.45, 7) is -1.18. The SMILES string of the molecule is CCOC(=O)c1csc(NC(=O)c2ccccc2OC(F)F)n1. The number of amides is 1. The van der Waals surface area contributed by atoms with Gasteiger partial charge in [0.25, 0.3) is 5.91 Å². The third-order valence-electron chi connectivity index (χ3n) is 2.56. The molecular weight excluding hydrogens is 330 g/mol. The molecule has 0 saturated carbocycles. The molecule has 1 aromatic heterocycles. The summed E-state index contributed by atoms with van der Waals surface area (Å²) in [4.78, 5) is 27.5. The number of carbonyl (C=O) groups is 2.